The molecular weight excluding hydrogens is 292 g/mol. The Labute approximate surface area is 128 Å². The van der Waals surface area contributed by atoms with Crippen LogP contribution in [0.4, 0.5) is 4.79 Å². The van der Waals surface area contributed by atoms with E-state index in [1.54, 1.807) is 18.2 Å². The summed E-state index contributed by atoms with van der Waals surface area (Å²) in [6, 6.07) is 6.71. The predicted octanol–water partition coefficient (Wildman–Crippen LogP) is 2.93. The van der Waals surface area contributed by atoms with E-state index in [2.05, 4.69) is 10.6 Å². The molecule has 0 heterocycles. The van der Waals surface area contributed by atoms with E-state index in [1.807, 2.05) is 6.07 Å². The summed E-state index contributed by atoms with van der Waals surface area (Å²) >= 11 is 5.87. The third kappa shape index (κ3) is 4.11. The van der Waals surface area contributed by atoms with E-state index in [9.17, 15) is 14.7 Å². The number of hydrogen-bond acceptors (Lipinski definition) is 2. The Morgan fingerprint density at radius 1 is 1.24 bits per heavy atom. The van der Waals surface area contributed by atoms with Gasteiger partial charge in [-0.2, -0.15) is 0 Å². The number of carbonyl (C=O) groups excluding carboxylic acids is 1. The molecule has 0 saturated heterocycles. The van der Waals surface area contributed by atoms with Gasteiger partial charge in [-0.1, -0.05) is 43.0 Å². The molecule has 3 N–H and O–H groups in total. The first-order chi connectivity index (χ1) is 10.0. The van der Waals surface area contributed by atoms with E-state index < -0.39 is 17.5 Å². The van der Waals surface area contributed by atoms with Crippen molar-refractivity contribution < 1.29 is 14.7 Å². The van der Waals surface area contributed by atoms with E-state index in [1.165, 1.54) is 0 Å². The number of hydrogen-bond donors (Lipinski definition) is 3. The van der Waals surface area contributed by atoms with Gasteiger partial charge >= 0.3 is 12.0 Å². The van der Waals surface area contributed by atoms with Crippen LogP contribution in [0.3, 0.4) is 0 Å². The summed E-state index contributed by atoms with van der Waals surface area (Å²) in [6.07, 6.45) is 3.61. The molecule has 1 aromatic carbocycles. The van der Waals surface area contributed by atoms with Crippen LogP contribution in [0.15, 0.2) is 24.3 Å². The Morgan fingerprint density at radius 3 is 2.57 bits per heavy atom. The number of nitrogens with one attached hydrogen (secondary N) is 2. The first-order valence-corrected chi connectivity index (χ1v) is 7.43. The molecule has 0 aliphatic heterocycles. The van der Waals surface area contributed by atoms with Crippen LogP contribution in [0.2, 0.25) is 5.02 Å². The van der Waals surface area contributed by atoms with Crippen LogP contribution in [0.25, 0.3) is 0 Å². The first kappa shape index (κ1) is 15.6. The van der Waals surface area contributed by atoms with E-state index in [0.717, 1.165) is 24.8 Å². The van der Waals surface area contributed by atoms with Crippen molar-refractivity contribution >= 4 is 23.6 Å². The number of carbonyl (C=O) groups is 2. The molecule has 1 fully saturated rings. The molecule has 1 aromatic rings. The topological polar surface area (TPSA) is 78.4 Å². The first-order valence-electron chi connectivity index (χ1n) is 7.06. The molecule has 2 rings (SSSR count). The van der Waals surface area contributed by atoms with E-state index in [-0.39, 0.29) is 0 Å². The van der Waals surface area contributed by atoms with Gasteiger partial charge in [-0.05, 0) is 30.5 Å². The van der Waals surface area contributed by atoms with Gasteiger partial charge in [0.15, 0.2) is 0 Å². The van der Waals surface area contributed by atoms with Crippen LogP contribution in [0.5, 0.6) is 0 Å². The van der Waals surface area contributed by atoms with Crippen LogP contribution in [0, 0.1) is 0 Å². The zero-order chi connectivity index (χ0) is 15.3. The lowest BCUT2D eigenvalue weighted by Gasteiger charge is -2.33. The minimum absolute atomic E-state index is 0.308. The second kappa shape index (κ2) is 6.80. The van der Waals surface area contributed by atoms with Crippen molar-refractivity contribution in [2.75, 3.05) is 0 Å². The molecule has 21 heavy (non-hydrogen) atoms. The monoisotopic (exact) mass is 310 g/mol. The lowest BCUT2D eigenvalue weighted by atomic mass is 9.82. The summed E-state index contributed by atoms with van der Waals surface area (Å²) in [5.41, 5.74) is -0.262. The Balaban J connectivity index is 1.92. The SMILES string of the molecule is O=C(NCc1cccc(Cl)c1)NC1(C(=O)O)CCCCC1. The zero-order valence-electron chi connectivity index (χ0n) is 11.7. The van der Waals surface area contributed by atoms with Crippen molar-refractivity contribution in [2.24, 2.45) is 0 Å². The van der Waals surface area contributed by atoms with Crippen molar-refractivity contribution in [3.8, 4) is 0 Å². The molecule has 0 atom stereocenters. The summed E-state index contributed by atoms with van der Waals surface area (Å²) in [7, 11) is 0. The highest BCUT2D eigenvalue weighted by molar-refractivity contribution is 6.30. The van der Waals surface area contributed by atoms with Gasteiger partial charge in [0, 0.05) is 11.6 Å². The molecule has 0 radical (unpaired) electrons. The molecule has 0 aromatic heterocycles. The van der Waals surface area contributed by atoms with Crippen molar-refractivity contribution in [1.29, 1.82) is 0 Å². The van der Waals surface area contributed by atoms with E-state index in [0.29, 0.717) is 24.4 Å². The Bertz CT molecular complexity index is 527. The fraction of sp³-hybridized carbons (Fsp3) is 0.467. The minimum atomic E-state index is -1.13. The molecule has 6 heteroatoms. The van der Waals surface area contributed by atoms with Gasteiger partial charge in [-0.3, -0.25) is 0 Å². The summed E-state index contributed by atoms with van der Waals surface area (Å²) in [4.78, 5) is 23.4. The number of aliphatic carboxylic acids is 1. The fourth-order valence-electron chi connectivity index (χ4n) is 2.64. The molecule has 5 nitrogen and oxygen atoms in total. The highest BCUT2D eigenvalue weighted by atomic mass is 35.5. The number of carboxylic acid groups (broad SMARTS) is 1. The molecule has 1 aliphatic carbocycles. The van der Waals surface area contributed by atoms with Gasteiger partial charge in [0.1, 0.15) is 5.54 Å². The molecule has 0 bridgehead atoms. The van der Waals surface area contributed by atoms with Gasteiger partial charge in [0.05, 0.1) is 0 Å². The number of rotatable bonds is 4. The van der Waals surface area contributed by atoms with E-state index >= 15 is 0 Å². The third-order valence-corrected chi connectivity index (χ3v) is 4.05. The van der Waals surface area contributed by atoms with Crippen LogP contribution in [-0.4, -0.2) is 22.6 Å². The van der Waals surface area contributed by atoms with Crippen molar-refractivity contribution in [2.45, 2.75) is 44.2 Å². The highest BCUT2D eigenvalue weighted by Gasteiger charge is 2.40. The highest BCUT2D eigenvalue weighted by Crippen LogP contribution is 2.28. The van der Waals surface area contributed by atoms with Gasteiger partial charge < -0.3 is 15.7 Å². The van der Waals surface area contributed by atoms with Gasteiger partial charge in [-0.15, -0.1) is 0 Å². The van der Waals surface area contributed by atoms with Crippen molar-refractivity contribution in [3.63, 3.8) is 0 Å². The number of halogens is 1. The second-order valence-corrected chi connectivity index (χ2v) is 5.82. The minimum Gasteiger partial charge on any atom is -0.480 e. The van der Waals surface area contributed by atoms with Gasteiger partial charge in [0.25, 0.3) is 0 Å². The maximum Gasteiger partial charge on any atom is 0.329 e. The quantitative estimate of drug-likeness (QED) is 0.800. The summed E-state index contributed by atoms with van der Waals surface area (Å²) in [5.74, 6) is -0.958. The Hall–Kier alpha value is -1.75. The maximum atomic E-state index is 12.0. The van der Waals surface area contributed by atoms with Crippen LogP contribution >= 0.6 is 11.6 Å². The molecule has 0 unspecified atom stereocenters. The second-order valence-electron chi connectivity index (χ2n) is 5.39. The molecule has 1 saturated carbocycles. The number of urea groups is 1. The normalized spacial score (nSPS) is 17.0. The number of carboxylic acids is 1. The third-order valence-electron chi connectivity index (χ3n) is 3.81. The van der Waals surface area contributed by atoms with Crippen LogP contribution in [0.1, 0.15) is 37.7 Å². The largest absolute Gasteiger partial charge is 0.480 e. The smallest absolute Gasteiger partial charge is 0.329 e. The fourth-order valence-corrected chi connectivity index (χ4v) is 2.85. The lowest BCUT2D eigenvalue weighted by Crippen LogP contribution is -2.57. The lowest BCUT2D eigenvalue weighted by molar-refractivity contribution is -0.145. The molecule has 2 amide bonds. The van der Waals surface area contributed by atoms with E-state index in [4.69, 9.17) is 11.6 Å². The molecule has 114 valence electrons. The maximum absolute atomic E-state index is 12.0. The summed E-state index contributed by atoms with van der Waals surface area (Å²) in [5, 5.41) is 15.3. The van der Waals surface area contributed by atoms with Crippen LogP contribution < -0.4 is 10.6 Å². The average molecular weight is 311 g/mol. The number of amides is 2. The van der Waals surface area contributed by atoms with Gasteiger partial charge in [-0.25, -0.2) is 9.59 Å². The Morgan fingerprint density at radius 2 is 1.95 bits per heavy atom. The number of benzene rings is 1. The predicted molar refractivity (Wildman–Crippen MR) is 80.3 cm³/mol. The molecule has 1 aliphatic rings. The van der Waals surface area contributed by atoms with Crippen molar-refractivity contribution in [1.82, 2.24) is 10.6 Å². The molecular formula is C15H19ClN2O3. The zero-order valence-corrected chi connectivity index (χ0v) is 12.4. The van der Waals surface area contributed by atoms with Gasteiger partial charge in [0.2, 0.25) is 0 Å². The standard InChI is InChI=1S/C15H19ClN2O3/c16-12-6-4-5-11(9-12)10-17-14(21)18-15(13(19)20)7-2-1-3-8-15/h4-6,9H,1-3,7-8,10H2,(H,19,20)(H2,17,18,21). The molecule has 0 spiro atoms. The van der Waals surface area contributed by atoms with Crippen molar-refractivity contribution in [3.05, 3.63) is 34.9 Å². The summed E-state index contributed by atoms with van der Waals surface area (Å²) in [6.45, 7) is 0.308. The summed E-state index contributed by atoms with van der Waals surface area (Å²) < 4.78 is 0. The Kier molecular flexibility index (Phi) is 5.07. The average Bonchev–Trinajstić information content (AvgIpc) is 2.46. The van der Waals surface area contributed by atoms with Crippen LogP contribution in [-0.2, 0) is 11.3 Å².